The van der Waals surface area contributed by atoms with Crippen molar-refractivity contribution in [3.05, 3.63) is 87.8 Å². The molecule has 2 aromatic carbocycles. The minimum Gasteiger partial charge on any atom is -0.327 e. The number of benzene rings is 2. The SMILES string of the molecule is NCc1ccc(-c2nc3c(Cl)c[nH]c(=O)c3cc2-c2ccccc2)cc1. The summed E-state index contributed by atoms with van der Waals surface area (Å²) in [6.45, 7) is 0.484. The van der Waals surface area contributed by atoms with E-state index in [9.17, 15) is 4.79 Å². The number of halogens is 1. The van der Waals surface area contributed by atoms with Crippen molar-refractivity contribution in [3.8, 4) is 22.4 Å². The maximum Gasteiger partial charge on any atom is 0.257 e. The molecular formula is C21H16ClN3O. The summed E-state index contributed by atoms with van der Waals surface area (Å²) < 4.78 is 0. The normalized spacial score (nSPS) is 11.0. The molecule has 0 unspecified atom stereocenters. The topological polar surface area (TPSA) is 71.8 Å². The first-order chi connectivity index (χ1) is 12.7. The molecule has 2 heterocycles. The summed E-state index contributed by atoms with van der Waals surface area (Å²) in [6.07, 6.45) is 1.47. The van der Waals surface area contributed by atoms with E-state index in [1.54, 1.807) is 0 Å². The van der Waals surface area contributed by atoms with Crippen LogP contribution in [0.2, 0.25) is 5.02 Å². The van der Waals surface area contributed by atoms with Crippen LogP contribution < -0.4 is 11.3 Å². The Bertz CT molecular complexity index is 1140. The lowest BCUT2D eigenvalue weighted by molar-refractivity contribution is 1.07. The fourth-order valence-electron chi connectivity index (χ4n) is 3.00. The number of nitrogens with two attached hydrogens (primary N) is 1. The van der Waals surface area contributed by atoms with E-state index < -0.39 is 0 Å². The predicted molar refractivity (Wildman–Crippen MR) is 106 cm³/mol. The van der Waals surface area contributed by atoms with Gasteiger partial charge >= 0.3 is 0 Å². The van der Waals surface area contributed by atoms with Crippen LogP contribution >= 0.6 is 11.6 Å². The highest BCUT2D eigenvalue weighted by atomic mass is 35.5. The third-order valence-corrected chi connectivity index (χ3v) is 4.66. The van der Waals surface area contributed by atoms with Crippen LogP contribution in [0.25, 0.3) is 33.3 Å². The van der Waals surface area contributed by atoms with E-state index in [4.69, 9.17) is 22.3 Å². The molecule has 0 saturated carbocycles. The maximum absolute atomic E-state index is 12.3. The summed E-state index contributed by atoms with van der Waals surface area (Å²) in [5.41, 5.74) is 10.6. The van der Waals surface area contributed by atoms with E-state index in [-0.39, 0.29) is 5.56 Å². The molecule has 0 radical (unpaired) electrons. The molecule has 4 aromatic rings. The molecule has 0 aliphatic carbocycles. The van der Waals surface area contributed by atoms with E-state index in [1.165, 1.54) is 6.20 Å². The first-order valence-electron chi connectivity index (χ1n) is 8.24. The molecular weight excluding hydrogens is 346 g/mol. The quantitative estimate of drug-likeness (QED) is 0.569. The molecule has 4 nitrogen and oxygen atoms in total. The van der Waals surface area contributed by atoms with Crippen molar-refractivity contribution in [1.29, 1.82) is 0 Å². The first kappa shape index (κ1) is 16.5. The molecule has 0 aliphatic rings. The average Bonchev–Trinajstić information content (AvgIpc) is 2.71. The Morgan fingerprint density at radius 3 is 2.42 bits per heavy atom. The van der Waals surface area contributed by atoms with Crippen LogP contribution in [0.4, 0.5) is 0 Å². The lowest BCUT2D eigenvalue weighted by atomic mass is 9.97. The fraction of sp³-hybridized carbons (Fsp3) is 0.0476. The lowest BCUT2D eigenvalue weighted by Crippen LogP contribution is -2.07. The molecule has 0 saturated heterocycles. The van der Waals surface area contributed by atoms with Crippen LogP contribution in [0.15, 0.2) is 71.7 Å². The van der Waals surface area contributed by atoms with Gasteiger partial charge in [0.15, 0.2) is 0 Å². The number of fused-ring (bicyclic) bond motifs is 1. The molecule has 0 amide bonds. The van der Waals surface area contributed by atoms with Gasteiger partial charge in [-0.3, -0.25) is 4.79 Å². The second-order valence-corrected chi connectivity index (χ2v) is 6.42. The van der Waals surface area contributed by atoms with Gasteiger partial charge in [-0.2, -0.15) is 0 Å². The molecule has 5 heteroatoms. The number of nitrogens with zero attached hydrogens (tertiary/aromatic N) is 1. The number of hydrogen-bond acceptors (Lipinski definition) is 3. The zero-order valence-corrected chi connectivity index (χ0v) is 14.6. The number of aromatic nitrogens is 2. The highest BCUT2D eigenvalue weighted by molar-refractivity contribution is 6.34. The maximum atomic E-state index is 12.3. The second kappa shape index (κ2) is 6.75. The van der Waals surface area contributed by atoms with Crippen molar-refractivity contribution in [3.63, 3.8) is 0 Å². The standard InChI is InChI=1S/C21H16ClN3O/c22-18-12-24-21(26)17-10-16(14-4-2-1-3-5-14)19(25-20(17)18)15-8-6-13(11-23)7-9-15/h1-10,12H,11,23H2,(H,24,26). The third-order valence-electron chi connectivity index (χ3n) is 4.37. The largest absolute Gasteiger partial charge is 0.327 e. The number of H-pyrrole nitrogens is 1. The van der Waals surface area contributed by atoms with Crippen molar-refractivity contribution in [2.45, 2.75) is 6.54 Å². The summed E-state index contributed by atoms with van der Waals surface area (Å²) in [5, 5.41) is 0.887. The monoisotopic (exact) mass is 361 g/mol. The zero-order chi connectivity index (χ0) is 18.1. The average molecular weight is 362 g/mol. The van der Waals surface area contributed by atoms with E-state index in [2.05, 4.69) is 4.98 Å². The third kappa shape index (κ3) is 2.90. The molecule has 4 rings (SSSR count). The first-order valence-corrected chi connectivity index (χ1v) is 8.62. The van der Waals surface area contributed by atoms with Crippen LogP contribution in [0, 0.1) is 0 Å². The summed E-state index contributed by atoms with van der Waals surface area (Å²) in [6, 6.07) is 19.7. The molecule has 26 heavy (non-hydrogen) atoms. The van der Waals surface area contributed by atoms with Gasteiger partial charge in [0, 0.05) is 23.9 Å². The second-order valence-electron chi connectivity index (χ2n) is 6.01. The number of nitrogens with one attached hydrogen (secondary N) is 1. The van der Waals surface area contributed by atoms with Gasteiger partial charge in [0.05, 0.1) is 21.6 Å². The highest BCUT2D eigenvalue weighted by Crippen LogP contribution is 2.34. The van der Waals surface area contributed by atoms with Gasteiger partial charge in [-0.15, -0.1) is 0 Å². The van der Waals surface area contributed by atoms with Crippen molar-refractivity contribution in [1.82, 2.24) is 9.97 Å². The number of aromatic amines is 1. The van der Waals surface area contributed by atoms with Crippen molar-refractivity contribution >= 4 is 22.5 Å². The Kier molecular flexibility index (Phi) is 4.29. The van der Waals surface area contributed by atoms with Gasteiger partial charge in [0.2, 0.25) is 0 Å². The van der Waals surface area contributed by atoms with Crippen molar-refractivity contribution in [2.24, 2.45) is 5.73 Å². The minimum absolute atomic E-state index is 0.209. The van der Waals surface area contributed by atoms with Crippen LogP contribution in [0.1, 0.15) is 5.56 Å². The number of hydrogen-bond donors (Lipinski definition) is 2. The molecule has 128 valence electrons. The summed E-state index contributed by atoms with van der Waals surface area (Å²) >= 11 is 6.29. The minimum atomic E-state index is -0.209. The molecule has 0 atom stereocenters. The molecule has 3 N–H and O–H groups in total. The van der Waals surface area contributed by atoms with E-state index in [0.29, 0.717) is 22.5 Å². The Morgan fingerprint density at radius 2 is 1.73 bits per heavy atom. The Labute approximate surface area is 155 Å². The Morgan fingerprint density at radius 1 is 1.00 bits per heavy atom. The van der Waals surface area contributed by atoms with Gasteiger partial charge in [-0.05, 0) is 17.2 Å². The summed E-state index contributed by atoms with van der Waals surface area (Å²) in [5.74, 6) is 0. The lowest BCUT2D eigenvalue weighted by Gasteiger charge is -2.12. The van der Waals surface area contributed by atoms with E-state index in [1.807, 2.05) is 60.7 Å². The van der Waals surface area contributed by atoms with Crippen LogP contribution in [-0.4, -0.2) is 9.97 Å². The fourth-order valence-corrected chi connectivity index (χ4v) is 3.20. The summed E-state index contributed by atoms with van der Waals surface area (Å²) in [7, 11) is 0. The van der Waals surface area contributed by atoms with Crippen LogP contribution in [0.5, 0.6) is 0 Å². The van der Waals surface area contributed by atoms with Gasteiger partial charge in [0.1, 0.15) is 0 Å². The van der Waals surface area contributed by atoms with Gasteiger partial charge in [-0.1, -0.05) is 66.2 Å². The number of rotatable bonds is 3. The molecule has 0 aliphatic heterocycles. The van der Waals surface area contributed by atoms with Gasteiger partial charge < -0.3 is 10.7 Å². The molecule has 2 aromatic heterocycles. The van der Waals surface area contributed by atoms with E-state index in [0.717, 1.165) is 27.9 Å². The zero-order valence-electron chi connectivity index (χ0n) is 13.9. The van der Waals surface area contributed by atoms with Gasteiger partial charge in [0.25, 0.3) is 5.56 Å². The molecule has 0 spiro atoms. The molecule has 0 fully saturated rings. The van der Waals surface area contributed by atoms with Crippen molar-refractivity contribution in [2.75, 3.05) is 0 Å². The predicted octanol–water partition coefficient (Wildman–Crippen LogP) is 4.37. The summed E-state index contributed by atoms with van der Waals surface area (Å²) in [4.78, 5) is 19.7. The van der Waals surface area contributed by atoms with Crippen LogP contribution in [0.3, 0.4) is 0 Å². The Balaban J connectivity index is 2.05. The smallest absolute Gasteiger partial charge is 0.257 e. The van der Waals surface area contributed by atoms with Crippen molar-refractivity contribution < 1.29 is 0 Å². The molecule has 0 bridgehead atoms. The van der Waals surface area contributed by atoms with Crippen LogP contribution in [-0.2, 0) is 6.54 Å². The van der Waals surface area contributed by atoms with Gasteiger partial charge in [-0.25, -0.2) is 4.98 Å². The number of pyridine rings is 2. The Hall–Kier alpha value is -2.95. The van der Waals surface area contributed by atoms with E-state index >= 15 is 0 Å². The highest BCUT2D eigenvalue weighted by Gasteiger charge is 2.14.